The van der Waals surface area contributed by atoms with Gasteiger partial charge in [-0.2, -0.15) is 0 Å². The minimum absolute atomic E-state index is 0.138. The van der Waals surface area contributed by atoms with Crippen molar-refractivity contribution < 1.29 is 23.9 Å². The molecule has 28 heavy (non-hydrogen) atoms. The first-order valence-electron chi connectivity index (χ1n) is 9.54. The van der Waals surface area contributed by atoms with E-state index in [0.29, 0.717) is 0 Å². The molecule has 0 spiro atoms. The normalized spacial score (nSPS) is 16.8. The Hall–Kier alpha value is -2.41. The summed E-state index contributed by atoms with van der Waals surface area (Å²) < 4.78 is 10.1. The highest BCUT2D eigenvalue weighted by Crippen LogP contribution is 2.23. The molecule has 154 valence electrons. The number of carbonyl (C=O) groups excluding carboxylic acids is 3. The third-order valence-corrected chi connectivity index (χ3v) is 4.40. The molecule has 0 saturated carbocycles. The molecule has 0 aliphatic carbocycles. The van der Waals surface area contributed by atoms with Crippen LogP contribution in [0.3, 0.4) is 0 Å². The van der Waals surface area contributed by atoms with Gasteiger partial charge in [0.1, 0.15) is 6.61 Å². The molecule has 1 fully saturated rings. The quantitative estimate of drug-likeness (QED) is 0.685. The molecule has 0 unspecified atom stereocenters. The molecule has 1 amide bonds. The number of rotatable bonds is 8. The fraction of sp³-hybridized carbons (Fsp3) is 0.571. The standard InChI is InChI=1S/C21H30N2O5/c1-15(24)27-13-17-7-5-16(6-8-17)12-23-10-9-18(23)11-20(26)28-14-19(25)22-21(2,3)4/h5-8,18H,9-14H2,1-4H3,(H,22,25)/t18-/m1/s1. The molecule has 1 aromatic carbocycles. The van der Waals surface area contributed by atoms with E-state index in [0.717, 1.165) is 30.6 Å². The predicted octanol–water partition coefficient (Wildman–Crippen LogP) is 2.17. The van der Waals surface area contributed by atoms with Gasteiger partial charge in [-0.1, -0.05) is 24.3 Å². The fourth-order valence-corrected chi connectivity index (χ4v) is 2.95. The van der Waals surface area contributed by atoms with E-state index in [1.54, 1.807) is 0 Å². The van der Waals surface area contributed by atoms with Gasteiger partial charge in [-0.15, -0.1) is 0 Å². The van der Waals surface area contributed by atoms with Crippen LogP contribution in [0.1, 0.15) is 51.7 Å². The lowest BCUT2D eigenvalue weighted by Gasteiger charge is -2.40. The minimum atomic E-state index is -0.351. The zero-order valence-corrected chi connectivity index (χ0v) is 17.1. The Morgan fingerprint density at radius 1 is 1.11 bits per heavy atom. The Morgan fingerprint density at radius 3 is 2.29 bits per heavy atom. The van der Waals surface area contributed by atoms with E-state index in [-0.39, 0.29) is 49.1 Å². The molecule has 7 heteroatoms. The van der Waals surface area contributed by atoms with Crippen LogP contribution in [0.25, 0.3) is 0 Å². The van der Waals surface area contributed by atoms with Crippen LogP contribution in [-0.2, 0) is 37.0 Å². The Bertz CT molecular complexity index is 694. The molecule has 1 aromatic rings. The van der Waals surface area contributed by atoms with Crippen molar-refractivity contribution in [2.45, 2.75) is 65.3 Å². The summed E-state index contributed by atoms with van der Waals surface area (Å²) >= 11 is 0. The highest BCUT2D eigenvalue weighted by Gasteiger charge is 2.30. The second-order valence-electron chi connectivity index (χ2n) is 8.17. The number of benzene rings is 1. The number of carbonyl (C=O) groups is 3. The van der Waals surface area contributed by atoms with Crippen molar-refractivity contribution in [2.24, 2.45) is 0 Å². The summed E-state index contributed by atoms with van der Waals surface area (Å²) in [6.45, 7) is 8.73. The maximum absolute atomic E-state index is 12.0. The average Bonchev–Trinajstić information content (AvgIpc) is 2.59. The van der Waals surface area contributed by atoms with Gasteiger partial charge in [0.2, 0.25) is 0 Å². The lowest BCUT2D eigenvalue weighted by Crippen LogP contribution is -2.48. The van der Waals surface area contributed by atoms with Crippen LogP contribution in [0.4, 0.5) is 0 Å². The molecule has 1 aliphatic heterocycles. The van der Waals surface area contributed by atoms with Crippen LogP contribution in [0.2, 0.25) is 0 Å². The molecule has 1 atom stereocenters. The summed E-state index contributed by atoms with van der Waals surface area (Å²) in [5.41, 5.74) is 1.73. The van der Waals surface area contributed by atoms with Gasteiger partial charge in [-0.3, -0.25) is 19.3 Å². The van der Waals surface area contributed by atoms with Crippen LogP contribution in [0.5, 0.6) is 0 Å². The monoisotopic (exact) mass is 390 g/mol. The van der Waals surface area contributed by atoms with E-state index in [1.807, 2.05) is 45.0 Å². The van der Waals surface area contributed by atoms with E-state index in [4.69, 9.17) is 9.47 Å². The molecule has 1 N–H and O–H groups in total. The zero-order chi connectivity index (χ0) is 20.7. The number of likely N-dealkylation sites (tertiary alicyclic amines) is 1. The van der Waals surface area contributed by atoms with Crippen molar-refractivity contribution in [2.75, 3.05) is 13.2 Å². The van der Waals surface area contributed by atoms with Crippen LogP contribution in [0, 0.1) is 0 Å². The first-order valence-corrected chi connectivity index (χ1v) is 9.54. The summed E-state index contributed by atoms with van der Waals surface area (Å²) in [6, 6.07) is 8.02. The molecular formula is C21H30N2O5. The summed E-state index contributed by atoms with van der Waals surface area (Å²) in [5.74, 6) is -0.939. The second-order valence-corrected chi connectivity index (χ2v) is 8.17. The third kappa shape index (κ3) is 7.68. The van der Waals surface area contributed by atoms with Crippen LogP contribution in [-0.4, -0.2) is 47.5 Å². The predicted molar refractivity (Wildman–Crippen MR) is 104 cm³/mol. The Labute approximate surface area is 166 Å². The molecule has 0 bridgehead atoms. The van der Waals surface area contributed by atoms with Gasteiger partial charge in [-0.05, 0) is 38.3 Å². The highest BCUT2D eigenvalue weighted by molar-refractivity contribution is 5.81. The van der Waals surface area contributed by atoms with E-state index in [1.165, 1.54) is 6.92 Å². The van der Waals surface area contributed by atoms with Crippen molar-refractivity contribution in [3.05, 3.63) is 35.4 Å². The molecule has 0 aromatic heterocycles. The van der Waals surface area contributed by atoms with Gasteiger partial charge in [0, 0.05) is 31.6 Å². The Kier molecular flexibility index (Phi) is 7.57. The van der Waals surface area contributed by atoms with E-state index < -0.39 is 0 Å². The van der Waals surface area contributed by atoms with Crippen molar-refractivity contribution >= 4 is 17.8 Å². The minimum Gasteiger partial charge on any atom is -0.461 e. The number of nitrogens with one attached hydrogen (secondary N) is 1. The summed E-state index contributed by atoms with van der Waals surface area (Å²) in [7, 11) is 0. The van der Waals surface area contributed by atoms with Crippen molar-refractivity contribution in [1.82, 2.24) is 10.2 Å². The number of amides is 1. The number of hydrogen-bond acceptors (Lipinski definition) is 6. The Balaban J connectivity index is 1.73. The number of esters is 2. The molecule has 2 rings (SSSR count). The van der Waals surface area contributed by atoms with Gasteiger partial charge in [0.05, 0.1) is 6.42 Å². The number of ether oxygens (including phenoxy) is 2. The van der Waals surface area contributed by atoms with Gasteiger partial charge >= 0.3 is 11.9 Å². The summed E-state index contributed by atoms with van der Waals surface area (Å²) in [4.78, 5) is 36.8. The first-order chi connectivity index (χ1) is 13.1. The Morgan fingerprint density at radius 2 is 1.75 bits per heavy atom. The van der Waals surface area contributed by atoms with Gasteiger partial charge in [0.25, 0.3) is 5.91 Å². The maximum Gasteiger partial charge on any atom is 0.307 e. The molecule has 7 nitrogen and oxygen atoms in total. The SMILES string of the molecule is CC(=O)OCc1ccc(CN2CC[C@@H]2CC(=O)OCC(=O)NC(C)(C)C)cc1. The van der Waals surface area contributed by atoms with Crippen molar-refractivity contribution in [1.29, 1.82) is 0 Å². The van der Waals surface area contributed by atoms with Crippen LogP contribution in [0.15, 0.2) is 24.3 Å². The van der Waals surface area contributed by atoms with Gasteiger partial charge in [0.15, 0.2) is 6.61 Å². The lowest BCUT2D eigenvalue weighted by molar-refractivity contribution is -0.151. The molecule has 1 heterocycles. The van der Waals surface area contributed by atoms with Gasteiger partial charge in [-0.25, -0.2) is 0 Å². The molecule has 1 saturated heterocycles. The van der Waals surface area contributed by atoms with Crippen molar-refractivity contribution in [3.8, 4) is 0 Å². The first kappa shape index (κ1) is 21.9. The van der Waals surface area contributed by atoms with E-state index in [9.17, 15) is 14.4 Å². The van der Waals surface area contributed by atoms with E-state index in [2.05, 4.69) is 10.2 Å². The topological polar surface area (TPSA) is 84.9 Å². The zero-order valence-electron chi connectivity index (χ0n) is 17.1. The molecule has 0 radical (unpaired) electrons. The summed E-state index contributed by atoms with van der Waals surface area (Å²) in [5, 5.41) is 2.76. The van der Waals surface area contributed by atoms with Crippen LogP contribution >= 0.6 is 0 Å². The van der Waals surface area contributed by atoms with Crippen LogP contribution < -0.4 is 5.32 Å². The largest absolute Gasteiger partial charge is 0.461 e. The maximum atomic E-state index is 12.0. The second kappa shape index (κ2) is 9.68. The fourth-order valence-electron chi connectivity index (χ4n) is 2.95. The van der Waals surface area contributed by atoms with E-state index >= 15 is 0 Å². The number of nitrogens with zero attached hydrogens (tertiary/aromatic N) is 1. The average molecular weight is 390 g/mol. The molecular weight excluding hydrogens is 360 g/mol. The highest BCUT2D eigenvalue weighted by atomic mass is 16.5. The lowest BCUT2D eigenvalue weighted by atomic mass is 9.98. The number of hydrogen-bond donors (Lipinski definition) is 1. The smallest absolute Gasteiger partial charge is 0.307 e. The van der Waals surface area contributed by atoms with Crippen molar-refractivity contribution in [3.63, 3.8) is 0 Å². The molecule has 1 aliphatic rings. The third-order valence-electron chi connectivity index (χ3n) is 4.40. The summed E-state index contributed by atoms with van der Waals surface area (Å²) in [6.07, 6.45) is 1.22. The van der Waals surface area contributed by atoms with Gasteiger partial charge < -0.3 is 14.8 Å².